The molecule has 0 spiro atoms. The van der Waals surface area contributed by atoms with Crippen molar-refractivity contribution in [2.75, 3.05) is 7.05 Å². The molecular formula is C11H17NO3. The number of aromatic hydroxyl groups is 3. The van der Waals surface area contributed by atoms with E-state index in [0.29, 0.717) is 12.0 Å². The van der Waals surface area contributed by atoms with Crippen LogP contribution in [0.3, 0.4) is 0 Å². The number of nitrogens with one attached hydrogen (secondary N) is 1. The predicted octanol–water partition coefficient (Wildman–Crippen LogP) is 1.34. The fraction of sp³-hybridized carbons (Fsp3) is 0.455. The van der Waals surface area contributed by atoms with E-state index in [1.807, 2.05) is 20.9 Å². The lowest BCUT2D eigenvalue weighted by molar-refractivity contribution is 0.357. The zero-order valence-corrected chi connectivity index (χ0v) is 9.20. The third-order valence-electron chi connectivity index (χ3n) is 2.52. The minimum atomic E-state index is -0.459. The van der Waals surface area contributed by atoms with Crippen molar-refractivity contribution in [3.8, 4) is 17.2 Å². The Labute approximate surface area is 89.2 Å². The maximum atomic E-state index is 9.60. The zero-order chi connectivity index (χ0) is 11.6. The molecule has 4 N–H and O–H groups in total. The molecule has 0 saturated carbocycles. The molecule has 1 rings (SSSR count). The molecule has 0 amide bonds. The molecule has 0 saturated heterocycles. The molecule has 0 aliphatic rings. The van der Waals surface area contributed by atoms with Gasteiger partial charge in [0.05, 0.1) is 0 Å². The molecule has 0 radical (unpaired) electrons. The van der Waals surface area contributed by atoms with E-state index in [0.717, 1.165) is 0 Å². The van der Waals surface area contributed by atoms with Crippen molar-refractivity contribution in [1.82, 2.24) is 5.32 Å². The summed E-state index contributed by atoms with van der Waals surface area (Å²) >= 11 is 0. The molecule has 0 heterocycles. The number of hydrogen-bond donors (Lipinski definition) is 4. The first-order valence-corrected chi connectivity index (χ1v) is 4.79. The average molecular weight is 211 g/mol. The number of benzene rings is 1. The van der Waals surface area contributed by atoms with E-state index in [1.54, 1.807) is 6.07 Å². The second kappa shape index (κ2) is 3.98. The second-order valence-electron chi connectivity index (χ2n) is 4.25. The van der Waals surface area contributed by atoms with Crippen molar-refractivity contribution in [2.24, 2.45) is 0 Å². The van der Waals surface area contributed by atoms with E-state index in [-0.39, 0.29) is 17.0 Å². The lowest BCUT2D eigenvalue weighted by Gasteiger charge is -2.24. The van der Waals surface area contributed by atoms with E-state index in [2.05, 4.69) is 5.32 Å². The van der Waals surface area contributed by atoms with Gasteiger partial charge in [0.25, 0.3) is 0 Å². The van der Waals surface area contributed by atoms with Crippen molar-refractivity contribution in [2.45, 2.75) is 25.8 Å². The van der Waals surface area contributed by atoms with Gasteiger partial charge in [-0.3, -0.25) is 0 Å². The summed E-state index contributed by atoms with van der Waals surface area (Å²) in [5.74, 6) is -1.02. The number of phenols is 3. The van der Waals surface area contributed by atoms with Crippen LogP contribution >= 0.6 is 0 Å². The molecule has 0 aromatic heterocycles. The SMILES string of the molecule is CNC(C)(C)Cc1ccc(O)c(O)c1O. The summed E-state index contributed by atoms with van der Waals surface area (Å²) in [6.07, 6.45) is 0.559. The van der Waals surface area contributed by atoms with Crippen molar-refractivity contribution in [3.05, 3.63) is 17.7 Å². The van der Waals surface area contributed by atoms with Crippen molar-refractivity contribution < 1.29 is 15.3 Å². The minimum absolute atomic E-state index is 0.180. The van der Waals surface area contributed by atoms with Crippen LogP contribution in [-0.4, -0.2) is 27.9 Å². The van der Waals surface area contributed by atoms with Gasteiger partial charge in [-0.1, -0.05) is 6.07 Å². The highest BCUT2D eigenvalue weighted by Gasteiger charge is 2.19. The fourth-order valence-corrected chi connectivity index (χ4v) is 1.32. The predicted molar refractivity (Wildman–Crippen MR) is 58.3 cm³/mol. The van der Waals surface area contributed by atoms with Crippen LogP contribution in [0.1, 0.15) is 19.4 Å². The molecule has 0 fully saturated rings. The van der Waals surface area contributed by atoms with E-state index >= 15 is 0 Å². The first-order valence-electron chi connectivity index (χ1n) is 4.79. The highest BCUT2D eigenvalue weighted by molar-refractivity contribution is 5.53. The Bertz CT molecular complexity index is 361. The van der Waals surface area contributed by atoms with Gasteiger partial charge < -0.3 is 20.6 Å². The van der Waals surface area contributed by atoms with Gasteiger partial charge in [0.2, 0.25) is 5.75 Å². The van der Waals surface area contributed by atoms with Gasteiger partial charge in [-0.15, -0.1) is 0 Å². The van der Waals surface area contributed by atoms with Crippen LogP contribution in [0.25, 0.3) is 0 Å². The lowest BCUT2D eigenvalue weighted by atomic mass is 9.94. The van der Waals surface area contributed by atoms with Gasteiger partial charge in [0, 0.05) is 5.54 Å². The standard InChI is InChI=1S/C11H17NO3/c1-11(2,12-3)6-7-4-5-8(13)10(15)9(7)14/h4-5,12-15H,6H2,1-3H3. The van der Waals surface area contributed by atoms with Gasteiger partial charge in [-0.05, 0) is 38.9 Å². The molecule has 4 heteroatoms. The Kier molecular flexibility index (Phi) is 3.09. The van der Waals surface area contributed by atoms with Crippen LogP contribution in [0.4, 0.5) is 0 Å². The molecule has 0 aliphatic heterocycles. The van der Waals surface area contributed by atoms with Gasteiger partial charge in [0.15, 0.2) is 11.5 Å². The number of likely N-dealkylation sites (N-methyl/N-ethyl adjacent to an activating group) is 1. The van der Waals surface area contributed by atoms with Crippen LogP contribution in [0, 0.1) is 0 Å². The lowest BCUT2D eigenvalue weighted by Crippen LogP contribution is -2.38. The summed E-state index contributed by atoms with van der Waals surface area (Å²) in [5.41, 5.74) is 0.422. The largest absolute Gasteiger partial charge is 0.504 e. The number of phenolic OH excluding ortho intramolecular Hbond substituents is 3. The van der Waals surface area contributed by atoms with Crippen molar-refractivity contribution in [3.63, 3.8) is 0 Å². The van der Waals surface area contributed by atoms with Crippen LogP contribution in [0.15, 0.2) is 12.1 Å². The summed E-state index contributed by atoms with van der Waals surface area (Å²) in [6.45, 7) is 3.96. The number of rotatable bonds is 3. The van der Waals surface area contributed by atoms with Crippen LogP contribution in [0.5, 0.6) is 17.2 Å². The van der Waals surface area contributed by atoms with Gasteiger partial charge >= 0.3 is 0 Å². The molecule has 1 aromatic rings. The highest BCUT2D eigenvalue weighted by atomic mass is 16.3. The Morgan fingerprint density at radius 3 is 2.27 bits per heavy atom. The summed E-state index contributed by atoms with van der Waals surface area (Å²) in [5, 5.41) is 31.2. The maximum absolute atomic E-state index is 9.60. The molecule has 0 atom stereocenters. The number of hydrogen-bond acceptors (Lipinski definition) is 4. The molecule has 84 valence electrons. The van der Waals surface area contributed by atoms with Crippen LogP contribution in [-0.2, 0) is 6.42 Å². The Morgan fingerprint density at radius 1 is 1.13 bits per heavy atom. The van der Waals surface area contributed by atoms with Crippen LogP contribution < -0.4 is 5.32 Å². The molecule has 4 nitrogen and oxygen atoms in total. The third kappa shape index (κ3) is 2.53. The van der Waals surface area contributed by atoms with E-state index in [4.69, 9.17) is 5.11 Å². The Hall–Kier alpha value is -1.42. The first-order chi connectivity index (χ1) is 6.87. The minimum Gasteiger partial charge on any atom is -0.504 e. The summed E-state index contributed by atoms with van der Waals surface area (Å²) in [6, 6.07) is 2.97. The zero-order valence-electron chi connectivity index (χ0n) is 9.20. The van der Waals surface area contributed by atoms with E-state index in [9.17, 15) is 10.2 Å². The topological polar surface area (TPSA) is 72.7 Å². The summed E-state index contributed by atoms with van der Waals surface area (Å²) in [4.78, 5) is 0. The Balaban J connectivity index is 3.02. The molecule has 0 unspecified atom stereocenters. The molecule has 1 aromatic carbocycles. The normalized spacial score (nSPS) is 11.7. The monoisotopic (exact) mass is 211 g/mol. The molecule has 0 aliphatic carbocycles. The first kappa shape index (κ1) is 11.7. The Morgan fingerprint density at radius 2 is 1.73 bits per heavy atom. The second-order valence-corrected chi connectivity index (χ2v) is 4.25. The highest BCUT2D eigenvalue weighted by Crippen LogP contribution is 2.38. The van der Waals surface area contributed by atoms with Gasteiger partial charge in [0.1, 0.15) is 0 Å². The summed E-state index contributed by atoms with van der Waals surface area (Å²) in [7, 11) is 1.83. The fourth-order valence-electron chi connectivity index (χ4n) is 1.32. The van der Waals surface area contributed by atoms with Crippen molar-refractivity contribution in [1.29, 1.82) is 0 Å². The van der Waals surface area contributed by atoms with E-state index in [1.165, 1.54) is 6.07 Å². The quantitative estimate of drug-likeness (QED) is 0.569. The third-order valence-corrected chi connectivity index (χ3v) is 2.52. The van der Waals surface area contributed by atoms with Crippen molar-refractivity contribution >= 4 is 0 Å². The average Bonchev–Trinajstić information content (AvgIpc) is 2.19. The molecular weight excluding hydrogens is 194 g/mol. The smallest absolute Gasteiger partial charge is 0.200 e. The molecule has 0 bridgehead atoms. The van der Waals surface area contributed by atoms with Gasteiger partial charge in [-0.2, -0.15) is 0 Å². The van der Waals surface area contributed by atoms with Crippen LogP contribution in [0.2, 0.25) is 0 Å². The summed E-state index contributed by atoms with van der Waals surface area (Å²) < 4.78 is 0. The molecule has 15 heavy (non-hydrogen) atoms. The van der Waals surface area contributed by atoms with Gasteiger partial charge in [-0.25, -0.2) is 0 Å². The maximum Gasteiger partial charge on any atom is 0.200 e. The van der Waals surface area contributed by atoms with E-state index < -0.39 is 5.75 Å².